The molecule has 0 saturated heterocycles. The molecule has 124 valence electrons. The minimum absolute atomic E-state index is 0.0752. The third-order valence-electron chi connectivity index (χ3n) is 3.48. The summed E-state index contributed by atoms with van der Waals surface area (Å²) in [5, 5.41) is 0. The highest BCUT2D eigenvalue weighted by Crippen LogP contribution is 2.12. The predicted octanol–water partition coefficient (Wildman–Crippen LogP) is 2.82. The average Bonchev–Trinajstić information content (AvgIpc) is 2.61. The molecular weight excluding hydrogens is 304 g/mol. The van der Waals surface area contributed by atoms with E-state index in [-0.39, 0.29) is 6.54 Å². The number of ether oxygens (including phenoxy) is 1. The van der Waals surface area contributed by atoms with Crippen molar-refractivity contribution in [2.75, 3.05) is 13.7 Å². The summed E-state index contributed by atoms with van der Waals surface area (Å²) in [5.74, 6) is -0.488. The highest BCUT2D eigenvalue weighted by atomic mass is 16.5. The largest absolute Gasteiger partial charge is 0.466 e. The van der Waals surface area contributed by atoms with Crippen LogP contribution in [0.1, 0.15) is 11.1 Å². The SMILES string of the molecule is COC(=O)/C(=C/c1ccccc1)CN(Cc1ccccc1)C(N)=O. The standard InChI is InChI=1S/C19H20N2O3/c1-24-18(22)17(12-15-8-4-2-5-9-15)14-21(19(20)23)13-16-10-6-3-7-11-16/h2-12H,13-14H2,1H3,(H2,20,23)/b17-12+. The van der Waals surface area contributed by atoms with Crippen LogP contribution in [0.15, 0.2) is 66.2 Å². The van der Waals surface area contributed by atoms with Gasteiger partial charge in [-0.05, 0) is 17.2 Å². The number of esters is 1. The maximum Gasteiger partial charge on any atom is 0.335 e. The molecule has 2 aromatic carbocycles. The highest BCUT2D eigenvalue weighted by molar-refractivity contribution is 5.94. The van der Waals surface area contributed by atoms with Crippen LogP contribution in [0.2, 0.25) is 0 Å². The lowest BCUT2D eigenvalue weighted by atomic mass is 10.1. The lowest BCUT2D eigenvalue weighted by Crippen LogP contribution is -2.37. The Morgan fingerprint density at radius 2 is 1.62 bits per heavy atom. The Bertz CT molecular complexity index is 712. The number of carbonyl (C=O) groups is 2. The van der Waals surface area contributed by atoms with Crippen molar-refractivity contribution in [2.24, 2.45) is 5.73 Å². The van der Waals surface area contributed by atoms with Crippen LogP contribution in [0.4, 0.5) is 4.79 Å². The van der Waals surface area contributed by atoms with Crippen LogP contribution in [0.5, 0.6) is 0 Å². The first-order valence-corrected chi connectivity index (χ1v) is 7.52. The van der Waals surface area contributed by atoms with E-state index >= 15 is 0 Å². The van der Waals surface area contributed by atoms with Crippen LogP contribution < -0.4 is 5.73 Å². The van der Waals surface area contributed by atoms with Gasteiger partial charge < -0.3 is 15.4 Å². The van der Waals surface area contributed by atoms with Gasteiger partial charge in [-0.3, -0.25) is 0 Å². The summed E-state index contributed by atoms with van der Waals surface area (Å²) in [6.07, 6.45) is 1.70. The van der Waals surface area contributed by atoms with Gasteiger partial charge in [0.2, 0.25) is 0 Å². The molecule has 2 rings (SSSR count). The smallest absolute Gasteiger partial charge is 0.335 e. The Labute approximate surface area is 141 Å². The van der Waals surface area contributed by atoms with Crippen LogP contribution in [0, 0.1) is 0 Å². The summed E-state index contributed by atoms with van der Waals surface area (Å²) in [5.41, 5.74) is 7.62. The highest BCUT2D eigenvalue weighted by Gasteiger charge is 2.18. The molecule has 0 atom stereocenters. The van der Waals surface area contributed by atoms with Gasteiger partial charge in [-0.15, -0.1) is 0 Å². The number of urea groups is 1. The fourth-order valence-electron chi connectivity index (χ4n) is 2.27. The molecule has 0 fully saturated rings. The van der Waals surface area contributed by atoms with Gasteiger partial charge in [0.15, 0.2) is 0 Å². The van der Waals surface area contributed by atoms with Crippen molar-refractivity contribution < 1.29 is 14.3 Å². The molecule has 0 heterocycles. The number of hydrogen-bond donors (Lipinski definition) is 1. The minimum atomic E-state index is -0.596. The maximum absolute atomic E-state index is 12.1. The van der Waals surface area contributed by atoms with Gasteiger partial charge in [0.25, 0.3) is 0 Å². The second kappa shape index (κ2) is 8.53. The van der Waals surface area contributed by atoms with Gasteiger partial charge in [0, 0.05) is 6.54 Å². The number of nitrogens with two attached hydrogens (primary N) is 1. The topological polar surface area (TPSA) is 72.6 Å². The minimum Gasteiger partial charge on any atom is -0.466 e. The number of rotatable bonds is 6. The van der Waals surface area contributed by atoms with E-state index in [1.807, 2.05) is 60.7 Å². The van der Waals surface area contributed by atoms with Gasteiger partial charge in [0.1, 0.15) is 0 Å². The molecule has 0 unspecified atom stereocenters. The number of hydrogen-bond acceptors (Lipinski definition) is 3. The van der Waals surface area contributed by atoms with E-state index < -0.39 is 12.0 Å². The third kappa shape index (κ3) is 4.98. The van der Waals surface area contributed by atoms with Crippen molar-refractivity contribution in [1.29, 1.82) is 0 Å². The number of amides is 2. The summed E-state index contributed by atoms with van der Waals surface area (Å²) in [6.45, 7) is 0.394. The molecule has 0 spiro atoms. The second-order valence-electron chi connectivity index (χ2n) is 5.25. The number of primary amides is 1. The summed E-state index contributed by atoms with van der Waals surface area (Å²) in [7, 11) is 1.31. The van der Waals surface area contributed by atoms with Gasteiger partial charge in [0.05, 0.1) is 19.2 Å². The first-order chi connectivity index (χ1) is 11.6. The molecule has 0 aliphatic carbocycles. The summed E-state index contributed by atoms with van der Waals surface area (Å²) in [4.78, 5) is 25.2. The molecule has 0 aliphatic rings. The summed E-state index contributed by atoms with van der Waals surface area (Å²) >= 11 is 0. The van der Waals surface area contributed by atoms with Crippen molar-refractivity contribution in [2.45, 2.75) is 6.54 Å². The van der Waals surface area contributed by atoms with Crippen LogP contribution >= 0.6 is 0 Å². The molecule has 2 amide bonds. The zero-order valence-electron chi connectivity index (χ0n) is 13.5. The number of carbonyl (C=O) groups excluding carboxylic acids is 2. The van der Waals surface area contributed by atoms with Crippen LogP contribution in [0.3, 0.4) is 0 Å². The third-order valence-corrected chi connectivity index (χ3v) is 3.48. The van der Waals surface area contributed by atoms with Crippen molar-refractivity contribution in [3.8, 4) is 0 Å². The average molecular weight is 324 g/mol. The zero-order chi connectivity index (χ0) is 17.4. The van der Waals surface area contributed by atoms with Crippen molar-refractivity contribution in [3.05, 3.63) is 77.4 Å². The number of nitrogens with zero attached hydrogens (tertiary/aromatic N) is 1. The first-order valence-electron chi connectivity index (χ1n) is 7.52. The second-order valence-corrected chi connectivity index (χ2v) is 5.25. The van der Waals surface area contributed by atoms with Crippen LogP contribution in [-0.4, -0.2) is 30.6 Å². The van der Waals surface area contributed by atoms with Crippen LogP contribution in [-0.2, 0) is 16.1 Å². The van der Waals surface area contributed by atoms with Crippen molar-refractivity contribution >= 4 is 18.1 Å². The predicted molar refractivity (Wildman–Crippen MR) is 92.9 cm³/mol. The van der Waals surface area contributed by atoms with E-state index in [4.69, 9.17) is 10.5 Å². The molecule has 0 aromatic heterocycles. The Morgan fingerprint density at radius 3 is 2.17 bits per heavy atom. The fraction of sp³-hybridized carbons (Fsp3) is 0.158. The monoisotopic (exact) mass is 324 g/mol. The van der Waals surface area contributed by atoms with Crippen molar-refractivity contribution in [1.82, 2.24) is 4.90 Å². The molecule has 2 aromatic rings. The Morgan fingerprint density at radius 1 is 1.04 bits per heavy atom. The quantitative estimate of drug-likeness (QED) is 0.656. The van der Waals surface area contributed by atoms with E-state index in [0.29, 0.717) is 12.1 Å². The van der Waals surface area contributed by atoms with Crippen molar-refractivity contribution in [3.63, 3.8) is 0 Å². The summed E-state index contributed by atoms with van der Waals surface area (Å²) in [6, 6.07) is 18.2. The lowest BCUT2D eigenvalue weighted by Gasteiger charge is -2.21. The van der Waals surface area contributed by atoms with Gasteiger partial charge in [-0.25, -0.2) is 9.59 Å². The van der Waals surface area contributed by atoms with E-state index in [9.17, 15) is 9.59 Å². The maximum atomic E-state index is 12.1. The molecule has 0 saturated carbocycles. The molecule has 2 N–H and O–H groups in total. The normalized spacial score (nSPS) is 11.0. The zero-order valence-corrected chi connectivity index (χ0v) is 13.5. The molecule has 0 aliphatic heterocycles. The lowest BCUT2D eigenvalue weighted by molar-refractivity contribution is -0.136. The van der Waals surface area contributed by atoms with E-state index in [1.165, 1.54) is 12.0 Å². The summed E-state index contributed by atoms with van der Waals surface area (Å²) < 4.78 is 4.83. The van der Waals surface area contributed by atoms with Crippen LogP contribution in [0.25, 0.3) is 6.08 Å². The molecule has 5 heteroatoms. The Hall–Kier alpha value is -3.08. The molecular formula is C19H20N2O3. The van der Waals surface area contributed by atoms with E-state index in [0.717, 1.165) is 11.1 Å². The van der Waals surface area contributed by atoms with Gasteiger partial charge in [-0.2, -0.15) is 0 Å². The Kier molecular flexibility index (Phi) is 6.14. The van der Waals surface area contributed by atoms with E-state index in [2.05, 4.69) is 0 Å². The Balaban J connectivity index is 2.23. The van der Waals surface area contributed by atoms with Gasteiger partial charge in [-0.1, -0.05) is 60.7 Å². The molecule has 5 nitrogen and oxygen atoms in total. The first kappa shape index (κ1) is 17.3. The number of benzene rings is 2. The fourth-order valence-corrected chi connectivity index (χ4v) is 2.27. The molecule has 24 heavy (non-hydrogen) atoms. The molecule has 0 radical (unpaired) electrons. The van der Waals surface area contributed by atoms with Gasteiger partial charge >= 0.3 is 12.0 Å². The van der Waals surface area contributed by atoms with E-state index in [1.54, 1.807) is 6.08 Å². The molecule has 0 bridgehead atoms. The number of methoxy groups -OCH3 is 1.